The van der Waals surface area contributed by atoms with E-state index in [4.69, 9.17) is 17.3 Å². The van der Waals surface area contributed by atoms with Gasteiger partial charge in [0.2, 0.25) is 5.96 Å². The summed E-state index contributed by atoms with van der Waals surface area (Å²) in [4.78, 5) is 12.0. The van der Waals surface area contributed by atoms with Crippen LogP contribution >= 0.6 is 23.4 Å². The summed E-state index contributed by atoms with van der Waals surface area (Å²) in [5, 5.41) is 3.52. The molecule has 0 fully saturated rings. The second kappa shape index (κ2) is 12.6. The number of nitrogens with two attached hydrogens (primary N) is 1. The van der Waals surface area contributed by atoms with E-state index in [1.807, 2.05) is 41.6 Å². The average molecular weight is 522 g/mol. The Hall–Kier alpha value is -2.00. The number of guanidine groups is 1. The standard InChI is InChI=1S/C25H36ClN5OS2/c1-8-18(4)24(31-15-16-33-20(31)6)19(5)28-25(27)29-22(9-2)17-30(10-3)34(7,32)23-13-11-21(26)12-14-23/h11-16,22H,6-10,17H2,1-5H3,(H2,27,29)/b24-18+,28-19+. The quantitative estimate of drug-likeness (QED) is 0.237. The Labute approximate surface area is 214 Å². The maximum atomic E-state index is 13.6. The highest BCUT2D eigenvalue weighted by atomic mass is 35.5. The van der Waals surface area contributed by atoms with E-state index < -0.39 is 9.71 Å². The van der Waals surface area contributed by atoms with Gasteiger partial charge in [0.05, 0.1) is 32.2 Å². The van der Waals surface area contributed by atoms with Gasteiger partial charge in [0.15, 0.2) is 0 Å². The van der Waals surface area contributed by atoms with Gasteiger partial charge in [-0.2, -0.15) is 0 Å². The summed E-state index contributed by atoms with van der Waals surface area (Å²) in [6.45, 7) is 15.2. The van der Waals surface area contributed by atoms with Crippen LogP contribution in [0.15, 0.2) is 73.6 Å². The number of hydrogen-bond acceptors (Lipinski definition) is 4. The first-order chi connectivity index (χ1) is 16.0. The van der Waals surface area contributed by atoms with E-state index in [1.54, 1.807) is 36.0 Å². The van der Waals surface area contributed by atoms with Crippen LogP contribution in [0.4, 0.5) is 0 Å². The van der Waals surface area contributed by atoms with Gasteiger partial charge in [-0.05, 0) is 67.8 Å². The van der Waals surface area contributed by atoms with Crippen LogP contribution < -0.4 is 5.73 Å². The van der Waals surface area contributed by atoms with Crippen LogP contribution in [0.2, 0.25) is 5.02 Å². The summed E-state index contributed by atoms with van der Waals surface area (Å²) in [6, 6.07) is 6.80. The minimum Gasteiger partial charge on any atom is -0.368 e. The van der Waals surface area contributed by atoms with E-state index in [0.717, 1.165) is 29.3 Å². The highest BCUT2D eigenvalue weighted by Gasteiger charge is 2.22. The monoisotopic (exact) mass is 521 g/mol. The molecule has 9 heteroatoms. The average Bonchev–Trinajstić information content (AvgIpc) is 3.21. The van der Waals surface area contributed by atoms with Gasteiger partial charge in [-0.15, -0.1) is 0 Å². The lowest BCUT2D eigenvalue weighted by atomic mass is 10.1. The molecule has 2 unspecified atom stereocenters. The van der Waals surface area contributed by atoms with E-state index in [2.05, 4.69) is 36.3 Å². The molecule has 34 heavy (non-hydrogen) atoms. The first-order valence-corrected chi connectivity index (χ1v) is 14.3. The molecule has 186 valence electrons. The van der Waals surface area contributed by atoms with Crippen LogP contribution in [0, 0.1) is 0 Å². The van der Waals surface area contributed by atoms with Gasteiger partial charge >= 0.3 is 0 Å². The molecule has 0 radical (unpaired) electrons. The summed E-state index contributed by atoms with van der Waals surface area (Å²) in [5.74, 6) is 4.23. The van der Waals surface area contributed by atoms with Crippen molar-refractivity contribution >= 4 is 50.6 Å². The molecule has 1 aromatic carbocycles. The maximum absolute atomic E-state index is 13.6. The second-order valence-electron chi connectivity index (χ2n) is 7.97. The number of halogens is 1. The molecule has 0 saturated heterocycles. The van der Waals surface area contributed by atoms with Gasteiger partial charge in [-0.25, -0.2) is 18.5 Å². The van der Waals surface area contributed by atoms with Crippen molar-refractivity contribution < 1.29 is 4.21 Å². The highest BCUT2D eigenvalue weighted by Crippen LogP contribution is 2.33. The zero-order valence-corrected chi connectivity index (χ0v) is 23.1. The fourth-order valence-corrected chi connectivity index (χ4v) is 5.98. The predicted octanol–water partition coefficient (Wildman–Crippen LogP) is 5.88. The smallest absolute Gasteiger partial charge is 0.215 e. The topological polar surface area (TPSA) is 74.3 Å². The second-order valence-corrected chi connectivity index (χ2v) is 11.7. The zero-order chi connectivity index (χ0) is 25.5. The molecule has 1 heterocycles. The number of benzene rings is 1. The van der Waals surface area contributed by atoms with Gasteiger partial charge in [-0.1, -0.05) is 50.7 Å². The van der Waals surface area contributed by atoms with E-state index in [0.29, 0.717) is 23.0 Å². The van der Waals surface area contributed by atoms with Crippen LogP contribution in [0.25, 0.3) is 0 Å². The Morgan fingerprint density at radius 1 is 1.26 bits per heavy atom. The number of allylic oxidation sites excluding steroid dienone is 2. The minimum absolute atomic E-state index is 0.178. The number of nitrogens with zero attached hydrogens (tertiary/aromatic N) is 4. The summed E-state index contributed by atoms with van der Waals surface area (Å²) in [6.07, 6.45) is 3.59. The van der Waals surface area contributed by atoms with Crippen molar-refractivity contribution in [1.82, 2.24) is 9.21 Å². The van der Waals surface area contributed by atoms with E-state index in [-0.39, 0.29) is 12.0 Å². The molecule has 0 spiro atoms. The lowest BCUT2D eigenvalue weighted by Crippen LogP contribution is -2.37. The molecular weight excluding hydrogens is 486 g/mol. The van der Waals surface area contributed by atoms with Crippen LogP contribution in [0.3, 0.4) is 0 Å². The summed E-state index contributed by atoms with van der Waals surface area (Å²) in [7, 11) is -2.68. The van der Waals surface area contributed by atoms with Gasteiger partial charge < -0.3 is 10.6 Å². The van der Waals surface area contributed by atoms with Crippen molar-refractivity contribution in [2.24, 2.45) is 15.7 Å². The molecule has 2 N–H and O–H groups in total. The first-order valence-electron chi connectivity index (χ1n) is 11.3. The molecule has 1 aliphatic heterocycles. The number of aliphatic imine (C=N–C) groups is 2. The van der Waals surface area contributed by atoms with Crippen LogP contribution in [0.5, 0.6) is 0 Å². The zero-order valence-electron chi connectivity index (χ0n) is 20.8. The molecule has 1 aliphatic rings. The van der Waals surface area contributed by atoms with Crippen molar-refractivity contribution in [1.29, 1.82) is 0 Å². The summed E-state index contributed by atoms with van der Waals surface area (Å²) in [5.41, 5.74) is 9.22. The summed E-state index contributed by atoms with van der Waals surface area (Å²) < 4.78 is 15.4. The normalized spacial score (nSPS) is 18.3. The Kier molecular flexibility index (Phi) is 10.5. The number of likely N-dealkylation sites (N-methyl/N-ethyl adjacent to an activating group) is 1. The van der Waals surface area contributed by atoms with E-state index >= 15 is 0 Å². The fraction of sp³-hybridized carbons (Fsp3) is 0.400. The molecular formula is C25H36ClN5OS2. The van der Waals surface area contributed by atoms with Gasteiger partial charge in [0.25, 0.3) is 0 Å². The van der Waals surface area contributed by atoms with Crippen LogP contribution in [-0.2, 0) is 9.71 Å². The maximum Gasteiger partial charge on any atom is 0.215 e. The molecule has 0 aliphatic carbocycles. The van der Waals surface area contributed by atoms with E-state index in [1.165, 1.54) is 5.57 Å². The third-order valence-corrected chi connectivity index (χ3v) is 8.86. The molecule has 0 amide bonds. The van der Waals surface area contributed by atoms with Crippen molar-refractivity contribution in [2.45, 2.75) is 58.4 Å². The molecule has 2 rings (SSSR count). The van der Waals surface area contributed by atoms with E-state index in [9.17, 15) is 4.21 Å². The Morgan fingerprint density at radius 2 is 1.91 bits per heavy atom. The Balaban J connectivity index is 2.28. The fourth-order valence-electron chi connectivity index (χ4n) is 3.56. The Bertz CT molecular complexity index is 1100. The van der Waals surface area contributed by atoms with Crippen LogP contribution in [0.1, 0.15) is 47.5 Å². The molecule has 0 aromatic heterocycles. The van der Waals surface area contributed by atoms with Crippen molar-refractivity contribution in [3.8, 4) is 0 Å². The molecule has 6 nitrogen and oxygen atoms in total. The van der Waals surface area contributed by atoms with Gasteiger partial charge in [0, 0.05) is 29.2 Å². The largest absolute Gasteiger partial charge is 0.368 e. The van der Waals surface area contributed by atoms with Gasteiger partial charge in [0.1, 0.15) is 0 Å². The number of hydrogen-bond donors (Lipinski definition) is 1. The van der Waals surface area contributed by atoms with Gasteiger partial charge in [-0.3, -0.25) is 0 Å². The Morgan fingerprint density at radius 3 is 2.41 bits per heavy atom. The molecule has 2 atom stereocenters. The first kappa shape index (κ1) is 28.2. The van der Waals surface area contributed by atoms with Crippen molar-refractivity contribution in [2.75, 3.05) is 13.1 Å². The van der Waals surface area contributed by atoms with Crippen LogP contribution in [-0.4, -0.2) is 50.1 Å². The van der Waals surface area contributed by atoms with Crippen molar-refractivity contribution in [3.05, 3.63) is 63.8 Å². The number of rotatable bonds is 10. The molecule has 0 bridgehead atoms. The number of thioether (sulfide) groups is 1. The minimum atomic E-state index is -2.68. The molecule has 1 aromatic rings. The third kappa shape index (κ3) is 7.01. The predicted molar refractivity (Wildman–Crippen MR) is 152 cm³/mol. The lowest BCUT2D eigenvalue weighted by molar-refractivity contribution is 0.418. The highest BCUT2D eigenvalue weighted by molar-refractivity contribution is 8.06. The van der Waals surface area contributed by atoms with Crippen molar-refractivity contribution in [3.63, 3.8) is 0 Å². The molecule has 0 saturated carbocycles. The lowest BCUT2D eigenvalue weighted by Gasteiger charge is -2.27. The third-order valence-electron chi connectivity index (χ3n) is 5.64. The SMILES string of the molecule is C=C1SC=CN1C(/C(C)=N/C(N)=NC(CC)CN(CC)S(=C)(=O)c1ccc(Cl)cc1)=C(\C)CC. The summed E-state index contributed by atoms with van der Waals surface area (Å²) >= 11 is 7.57.